The highest BCUT2D eigenvalue weighted by atomic mass is 32.1. The van der Waals surface area contributed by atoms with Crippen molar-refractivity contribution < 1.29 is 18.7 Å². The number of amides is 1. The second-order valence-corrected chi connectivity index (χ2v) is 8.63. The summed E-state index contributed by atoms with van der Waals surface area (Å²) in [5, 5.41) is 11.2. The van der Waals surface area contributed by atoms with Crippen molar-refractivity contribution in [1.29, 1.82) is 0 Å². The number of halogens is 1. The van der Waals surface area contributed by atoms with Gasteiger partial charge in [-0.3, -0.25) is 4.79 Å². The Labute approximate surface area is 197 Å². The number of hydrogen-bond donors (Lipinski definition) is 2. The number of carbonyl (C=O) groups is 2. The number of ether oxygens (including phenoxy) is 1. The topological polar surface area (TPSA) is 96.5 Å². The third-order valence-electron chi connectivity index (χ3n) is 5.98. The van der Waals surface area contributed by atoms with Gasteiger partial charge in [-0.2, -0.15) is 0 Å². The van der Waals surface area contributed by atoms with Crippen molar-refractivity contribution >= 4 is 29.4 Å². The summed E-state index contributed by atoms with van der Waals surface area (Å²) < 4.78 is 25.3. The molecule has 2 aliphatic rings. The zero-order chi connectivity index (χ0) is 24.3. The molecule has 10 heteroatoms. The lowest BCUT2D eigenvalue weighted by Crippen LogP contribution is -2.68. The van der Waals surface area contributed by atoms with Gasteiger partial charge < -0.3 is 25.1 Å². The van der Waals surface area contributed by atoms with E-state index < -0.39 is 29.3 Å². The van der Waals surface area contributed by atoms with E-state index in [-0.39, 0.29) is 18.3 Å². The highest BCUT2D eigenvalue weighted by Crippen LogP contribution is 2.47. The fourth-order valence-corrected chi connectivity index (χ4v) is 5.19. The standard InChI is InChI=1S/C21H24FN5O3S.C2H6/c1-11-8-27-18-15(5-14(6-16(18)22)17-9-31-26-25-17)7-21(10-28,19(27)12(2)30-11)20(29)24-13(3)23-4;1-2/h5-6,9-12,19,23H,3,7-8H2,1-2,4H3,(H,24,29);1-2H3/t11?,12-,19+,21?;/m1./s1. The fraction of sp³-hybridized carbons (Fsp3) is 0.478. The Balaban J connectivity index is 0.00000149. The number of fused-ring (bicyclic) bond motifs is 3. The van der Waals surface area contributed by atoms with Crippen LogP contribution >= 0.6 is 11.5 Å². The number of nitrogens with zero attached hydrogens (tertiary/aromatic N) is 3. The zero-order valence-electron chi connectivity index (χ0n) is 19.5. The Hall–Kier alpha value is -2.85. The molecule has 33 heavy (non-hydrogen) atoms. The molecule has 1 aromatic heterocycles. The van der Waals surface area contributed by atoms with E-state index in [4.69, 9.17) is 4.74 Å². The largest absolute Gasteiger partial charge is 0.375 e. The molecule has 0 bridgehead atoms. The highest BCUT2D eigenvalue weighted by molar-refractivity contribution is 7.03. The summed E-state index contributed by atoms with van der Waals surface area (Å²) in [4.78, 5) is 27.8. The molecule has 1 saturated heterocycles. The summed E-state index contributed by atoms with van der Waals surface area (Å²) in [7, 11) is 1.62. The number of nitrogens with one attached hydrogen (secondary N) is 2. The van der Waals surface area contributed by atoms with Gasteiger partial charge in [0.2, 0.25) is 5.91 Å². The smallest absolute Gasteiger partial charge is 0.241 e. The molecule has 0 aliphatic carbocycles. The summed E-state index contributed by atoms with van der Waals surface area (Å²) in [6.45, 7) is 11.8. The number of anilines is 1. The minimum atomic E-state index is -1.49. The van der Waals surface area contributed by atoms with Gasteiger partial charge in [0.1, 0.15) is 23.2 Å². The van der Waals surface area contributed by atoms with Gasteiger partial charge in [-0.1, -0.05) is 24.9 Å². The van der Waals surface area contributed by atoms with Crippen LogP contribution in [0, 0.1) is 11.2 Å². The van der Waals surface area contributed by atoms with Gasteiger partial charge in [-0.25, -0.2) is 4.39 Å². The third-order valence-corrected chi connectivity index (χ3v) is 6.48. The number of benzene rings is 1. The monoisotopic (exact) mass is 475 g/mol. The SMILES string of the molecule is C=C(NC)NC(=O)C1(C=O)Cc2cc(-c3csnn3)cc(F)c2N2CC(C)O[C@H](C)[C@H]21.CC. The first-order valence-corrected chi connectivity index (χ1v) is 11.8. The molecule has 3 heterocycles. The summed E-state index contributed by atoms with van der Waals surface area (Å²) >= 11 is 1.17. The van der Waals surface area contributed by atoms with Crippen LogP contribution in [0.1, 0.15) is 33.3 Å². The molecule has 2 unspecified atom stereocenters. The van der Waals surface area contributed by atoms with Crippen molar-refractivity contribution in [3.05, 3.63) is 41.3 Å². The Morgan fingerprint density at radius 2 is 2.12 bits per heavy atom. The summed E-state index contributed by atoms with van der Waals surface area (Å²) in [5.41, 5.74) is 0.576. The van der Waals surface area contributed by atoms with Gasteiger partial charge in [0, 0.05) is 24.5 Å². The average Bonchev–Trinajstić information content (AvgIpc) is 3.34. The molecule has 2 aliphatic heterocycles. The van der Waals surface area contributed by atoms with Crippen molar-refractivity contribution in [2.45, 2.75) is 52.4 Å². The highest BCUT2D eigenvalue weighted by Gasteiger charge is 2.57. The maximum absolute atomic E-state index is 15.4. The predicted octanol–water partition coefficient (Wildman–Crippen LogP) is 2.90. The van der Waals surface area contributed by atoms with Crippen LogP contribution in [0.5, 0.6) is 0 Å². The molecule has 2 N–H and O–H groups in total. The van der Waals surface area contributed by atoms with Gasteiger partial charge >= 0.3 is 0 Å². The van der Waals surface area contributed by atoms with Crippen LogP contribution in [0.25, 0.3) is 11.3 Å². The maximum Gasteiger partial charge on any atom is 0.241 e. The van der Waals surface area contributed by atoms with Gasteiger partial charge in [-0.15, -0.1) is 5.10 Å². The molecule has 4 rings (SSSR count). The molecule has 4 atom stereocenters. The molecule has 0 spiro atoms. The van der Waals surface area contributed by atoms with Gasteiger partial charge in [0.25, 0.3) is 0 Å². The molecule has 0 saturated carbocycles. The second-order valence-electron chi connectivity index (χ2n) is 8.02. The predicted molar refractivity (Wildman–Crippen MR) is 126 cm³/mol. The summed E-state index contributed by atoms with van der Waals surface area (Å²) in [5.74, 6) is -0.658. The Bertz CT molecular complexity index is 1030. The van der Waals surface area contributed by atoms with E-state index in [0.29, 0.717) is 35.3 Å². The molecule has 1 aromatic carbocycles. The first kappa shape index (κ1) is 24.8. The van der Waals surface area contributed by atoms with Crippen LogP contribution in [0.15, 0.2) is 29.9 Å². The molecule has 178 valence electrons. The van der Waals surface area contributed by atoms with Crippen LogP contribution in [-0.4, -0.2) is 53.6 Å². The second kappa shape index (κ2) is 9.96. The van der Waals surface area contributed by atoms with Crippen molar-refractivity contribution in [2.75, 3.05) is 18.5 Å². The first-order chi connectivity index (χ1) is 15.8. The van der Waals surface area contributed by atoms with Gasteiger partial charge in [-0.05, 0) is 49.5 Å². The molecular weight excluding hydrogens is 445 g/mol. The molecule has 1 fully saturated rings. The van der Waals surface area contributed by atoms with E-state index in [1.807, 2.05) is 32.6 Å². The number of morpholine rings is 1. The lowest BCUT2D eigenvalue weighted by molar-refractivity contribution is -0.144. The number of carbonyl (C=O) groups excluding carboxylic acids is 2. The van der Waals surface area contributed by atoms with Crippen LogP contribution in [0.3, 0.4) is 0 Å². The minimum Gasteiger partial charge on any atom is -0.375 e. The van der Waals surface area contributed by atoms with Crippen molar-refractivity contribution in [3.8, 4) is 11.3 Å². The van der Waals surface area contributed by atoms with Crippen LogP contribution in [0.2, 0.25) is 0 Å². The molecule has 1 amide bonds. The van der Waals surface area contributed by atoms with Gasteiger partial charge in [0.05, 0.1) is 29.8 Å². The van der Waals surface area contributed by atoms with E-state index in [1.165, 1.54) is 17.6 Å². The molecule has 2 aromatic rings. The normalized spacial score (nSPS) is 25.6. The third kappa shape index (κ3) is 4.37. The van der Waals surface area contributed by atoms with E-state index in [2.05, 4.69) is 26.8 Å². The van der Waals surface area contributed by atoms with Crippen molar-refractivity contribution in [2.24, 2.45) is 5.41 Å². The molecule has 8 nitrogen and oxygen atoms in total. The van der Waals surface area contributed by atoms with Crippen molar-refractivity contribution in [1.82, 2.24) is 20.2 Å². The van der Waals surface area contributed by atoms with Crippen LogP contribution in [0.4, 0.5) is 10.1 Å². The lowest BCUT2D eigenvalue weighted by atomic mass is 9.68. The Morgan fingerprint density at radius 3 is 2.73 bits per heavy atom. The van der Waals surface area contributed by atoms with E-state index in [9.17, 15) is 9.59 Å². The fourth-order valence-electron chi connectivity index (χ4n) is 4.72. The zero-order valence-corrected chi connectivity index (χ0v) is 20.3. The summed E-state index contributed by atoms with van der Waals surface area (Å²) in [6.07, 6.45) is 0.0212. The summed E-state index contributed by atoms with van der Waals surface area (Å²) in [6, 6.07) is 2.54. The first-order valence-electron chi connectivity index (χ1n) is 11.0. The van der Waals surface area contributed by atoms with Crippen LogP contribution < -0.4 is 15.5 Å². The Kier molecular flexibility index (Phi) is 7.48. The van der Waals surface area contributed by atoms with Crippen molar-refractivity contribution in [3.63, 3.8) is 0 Å². The average molecular weight is 476 g/mol. The number of hydrogen-bond acceptors (Lipinski definition) is 8. The van der Waals surface area contributed by atoms with Gasteiger partial charge in [0.15, 0.2) is 0 Å². The number of rotatable bonds is 5. The molecule has 0 radical (unpaired) electrons. The maximum atomic E-state index is 15.4. The van der Waals surface area contributed by atoms with Crippen LogP contribution in [-0.2, 0) is 20.7 Å². The van der Waals surface area contributed by atoms with E-state index >= 15 is 4.39 Å². The van der Waals surface area contributed by atoms with E-state index in [0.717, 1.165) is 0 Å². The number of aromatic nitrogens is 2. The molecular formula is C23H30FN5O3S. The Morgan fingerprint density at radius 1 is 1.39 bits per heavy atom. The minimum absolute atomic E-state index is 0.0280. The number of aldehydes is 1. The quantitative estimate of drug-likeness (QED) is 0.507. The van der Waals surface area contributed by atoms with E-state index in [1.54, 1.807) is 18.5 Å². The lowest BCUT2D eigenvalue weighted by Gasteiger charge is -2.54.